The predicted octanol–water partition coefficient (Wildman–Crippen LogP) is 1.66. The SMILES string of the molecule is Cc1cc(F)cc2c1S(=O)(=O)N(CC(=O)C1CC3(CCOC3)C1)C2=O. The van der Waals surface area contributed by atoms with Crippen LogP contribution >= 0.6 is 0 Å². The van der Waals surface area contributed by atoms with Crippen molar-refractivity contribution in [1.29, 1.82) is 0 Å². The second-order valence-corrected chi connectivity index (χ2v) is 9.09. The lowest BCUT2D eigenvalue weighted by molar-refractivity contribution is -0.130. The van der Waals surface area contributed by atoms with Gasteiger partial charge < -0.3 is 4.74 Å². The van der Waals surface area contributed by atoms with Crippen LogP contribution in [0.4, 0.5) is 4.39 Å². The van der Waals surface area contributed by atoms with E-state index in [1.807, 2.05) is 0 Å². The Morgan fingerprint density at radius 2 is 2.12 bits per heavy atom. The molecule has 0 radical (unpaired) electrons. The highest BCUT2D eigenvalue weighted by Crippen LogP contribution is 2.51. The minimum atomic E-state index is -4.11. The molecule has 1 aromatic carbocycles. The van der Waals surface area contributed by atoms with E-state index in [1.165, 1.54) is 6.92 Å². The molecule has 0 unspecified atom stereocenters. The van der Waals surface area contributed by atoms with Crippen LogP contribution in [0.15, 0.2) is 17.0 Å². The summed E-state index contributed by atoms with van der Waals surface area (Å²) in [6.07, 6.45) is 2.27. The molecule has 3 aliphatic rings. The first-order chi connectivity index (χ1) is 11.7. The highest BCUT2D eigenvalue weighted by molar-refractivity contribution is 7.90. The van der Waals surface area contributed by atoms with Gasteiger partial charge in [-0.1, -0.05) is 0 Å². The number of nitrogens with zero attached hydrogens (tertiary/aromatic N) is 1. The highest BCUT2D eigenvalue weighted by atomic mass is 32.2. The van der Waals surface area contributed by atoms with Gasteiger partial charge in [0.2, 0.25) is 0 Å². The van der Waals surface area contributed by atoms with Crippen molar-refractivity contribution in [2.45, 2.75) is 31.1 Å². The minimum absolute atomic E-state index is 0.0525. The van der Waals surface area contributed by atoms with Crippen LogP contribution < -0.4 is 0 Å². The number of halogens is 1. The summed E-state index contributed by atoms with van der Waals surface area (Å²) in [5.41, 5.74) is 0.0280. The van der Waals surface area contributed by atoms with Gasteiger partial charge in [-0.3, -0.25) is 9.59 Å². The number of amides is 1. The van der Waals surface area contributed by atoms with E-state index in [1.54, 1.807) is 0 Å². The third kappa shape index (κ3) is 2.42. The molecule has 25 heavy (non-hydrogen) atoms. The van der Waals surface area contributed by atoms with Gasteiger partial charge in [0.1, 0.15) is 10.7 Å². The predicted molar refractivity (Wildman–Crippen MR) is 85.0 cm³/mol. The van der Waals surface area contributed by atoms with Crippen LogP contribution in [0.25, 0.3) is 0 Å². The number of ketones is 1. The quantitative estimate of drug-likeness (QED) is 0.812. The van der Waals surface area contributed by atoms with Crippen LogP contribution in [-0.4, -0.2) is 44.2 Å². The van der Waals surface area contributed by atoms with E-state index in [0.29, 0.717) is 30.4 Å². The third-order valence-corrected chi connectivity index (χ3v) is 7.48. The first kappa shape index (κ1) is 16.7. The second-order valence-electron chi connectivity index (χ2n) is 7.29. The number of carbonyl (C=O) groups is 2. The topological polar surface area (TPSA) is 80.8 Å². The first-order valence-corrected chi connectivity index (χ1v) is 9.65. The van der Waals surface area contributed by atoms with E-state index in [0.717, 1.165) is 18.6 Å². The zero-order chi connectivity index (χ0) is 18.0. The van der Waals surface area contributed by atoms with Gasteiger partial charge in [-0.25, -0.2) is 17.1 Å². The van der Waals surface area contributed by atoms with Gasteiger partial charge in [-0.2, -0.15) is 0 Å². The lowest BCUT2D eigenvalue weighted by atomic mass is 9.60. The number of carbonyl (C=O) groups excluding carboxylic acids is 2. The molecule has 0 N–H and O–H groups in total. The van der Waals surface area contributed by atoms with Crippen molar-refractivity contribution in [2.75, 3.05) is 19.8 Å². The summed E-state index contributed by atoms with van der Waals surface area (Å²) in [5, 5.41) is 0. The smallest absolute Gasteiger partial charge is 0.269 e. The van der Waals surface area contributed by atoms with Crippen molar-refractivity contribution in [3.63, 3.8) is 0 Å². The van der Waals surface area contributed by atoms with Crippen molar-refractivity contribution in [3.8, 4) is 0 Å². The molecular formula is C17H18FNO5S. The maximum absolute atomic E-state index is 13.6. The van der Waals surface area contributed by atoms with E-state index in [4.69, 9.17) is 4.74 Å². The van der Waals surface area contributed by atoms with Crippen molar-refractivity contribution < 1.29 is 27.1 Å². The highest BCUT2D eigenvalue weighted by Gasteiger charge is 2.51. The van der Waals surface area contributed by atoms with Gasteiger partial charge in [-0.15, -0.1) is 0 Å². The van der Waals surface area contributed by atoms with Crippen LogP contribution in [0, 0.1) is 24.1 Å². The van der Waals surface area contributed by atoms with Gasteiger partial charge in [-0.05, 0) is 49.3 Å². The molecule has 2 heterocycles. The van der Waals surface area contributed by atoms with E-state index in [-0.39, 0.29) is 33.1 Å². The first-order valence-electron chi connectivity index (χ1n) is 8.21. The number of rotatable bonds is 3. The van der Waals surface area contributed by atoms with E-state index >= 15 is 0 Å². The number of hydrogen-bond donors (Lipinski definition) is 0. The zero-order valence-corrected chi connectivity index (χ0v) is 14.6. The fourth-order valence-electron chi connectivity index (χ4n) is 4.20. The zero-order valence-electron chi connectivity index (χ0n) is 13.7. The molecule has 6 nitrogen and oxygen atoms in total. The molecule has 0 aromatic heterocycles. The Morgan fingerprint density at radius 3 is 2.76 bits per heavy atom. The number of ether oxygens (including phenoxy) is 1. The molecule has 1 saturated carbocycles. The third-order valence-electron chi connectivity index (χ3n) is 5.54. The maximum Gasteiger partial charge on any atom is 0.269 e. The Balaban J connectivity index is 1.55. The Bertz CT molecular complexity index is 881. The fourth-order valence-corrected chi connectivity index (χ4v) is 5.92. The normalized spacial score (nSPS) is 29.8. The van der Waals surface area contributed by atoms with Crippen molar-refractivity contribution in [1.82, 2.24) is 4.31 Å². The van der Waals surface area contributed by atoms with Crippen LogP contribution in [0.2, 0.25) is 0 Å². The molecule has 2 fully saturated rings. The molecule has 1 spiro atoms. The minimum Gasteiger partial charge on any atom is -0.381 e. The lowest BCUT2D eigenvalue weighted by Gasteiger charge is -2.43. The molecule has 8 heteroatoms. The monoisotopic (exact) mass is 367 g/mol. The van der Waals surface area contributed by atoms with Crippen LogP contribution in [0.3, 0.4) is 0 Å². The van der Waals surface area contributed by atoms with Gasteiger partial charge in [0.15, 0.2) is 5.78 Å². The maximum atomic E-state index is 13.6. The summed E-state index contributed by atoms with van der Waals surface area (Å²) in [7, 11) is -4.11. The largest absolute Gasteiger partial charge is 0.381 e. The molecule has 1 saturated heterocycles. The van der Waals surface area contributed by atoms with Crippen LogP contribution in [0.1, 0.15) is 35.2 Å². The molecular weight excluding hydrogens is 349 g/mol. The Kier molecular flexibility index (Phi) is 3.56. The Labute approximate surface area is 145 Å². The molecule has 1 aromatic rings. The molecule has 134 valence electrons. The summed E-state index contributed by atoms with van der Waals surface area (Å²) in [6, 6.07) is 1.99. The molecule has 1 aliphatic carbocycles. The van der Waals surface area contributed by atoms with E-state index in [9.17, 15) is 22.4 Å². The van der Waals surface area contributed by atoms with Gasteiger partial charge in [0.05, 0.1) is 18.7 Å². The summed E-state index contributed by atoms with van der Waals surface area (Å²) in [5.74, 6) is -2.01. The summed E-state index contributed by atoms with van der Waals surface area (Å²) in [6.45, 7) is 2.29. The molecule has 1 amide bonds. The summed E-state index contributed by atoms with van der Waals surface area (Å²) >= 11 is 0. The number of hydrogen-bond acceptors (Lipinski definition) is 5. The summed E-state index contributed by atoms with van der Waals surface area (Å²) in [4.78, 5) is 24.7. The fraction of sp³-hybridized carbons (Fsp3) is 0.529. The molecule has 0 bridgehead atoms. The number of Topliss-reactive ketones (excluding diaryl/α,β-unsaturated/α-hetero) is 1. The Morgan fingerprint density at radius 1 is 1.40 bits per heavy atom. The number of fused-ring (bicyclic) bond motifs is 1. The van der Waals surface area contributed by atoms with Crippen LogP contribution in [0.5, 0.6) is 0 Å². The number of sulfonamides is 1. The molecule has 0 atom stereocenters. The van der Waals surface area contributed by atoms with Crippen molar-refractivity contribution in [3.05, 3.63) is 29.1 Å². The Hall–Kier alpha value is -1.80. The van der Waals surface area contributed by atoms with Gasteiger partial charge in [0.25, 0.3) is 15.9 Å². The average Bonchev–Trinajstić information content (AvgIpc) is 3.04. The van der Waals surface area contributed by atoms with E-state index < -0.39 is 28.3 Å². The molecule has 2 aliphatic heterocycles. The average molecular weight is 367 g/mol. The lowest BCUT2D eigenvalue weighted by Crippen LogP contribution is -2.46. The second kappa shape index (κ2) is 5.35. The van der Waals surface area contributed by atoms with E-state index in [2.05, 4.69) is 0 Å². The standard InChI is InChI=1S/C17H18FNO5S/c1-10-4-12(18)5-13-15(10)25(22,23)19(16(13)21)8-14(20)11-6-17(7-11)2-3-24-9-17/h4-5,11H,2-3,6-9H2,1H3. The van der Waals surface area contributed by atoms with Gasteiger partial charge in [0, 0.05) is 12.5 Å². The summed E-state index contributed by atoms with van der Waals surface area (Å²) < 4.78 is 44.8. The van der Waals surface area contributed by atoms with Gasteiger partial charge >= 0.3 is 0 Å². The van der Waals surface area contributed by atoms with Crippen molar-refractivity contribution in [2.24, 2.45) is 11.3 Å². The van der Waals surface area contributed by atoms with Crippen LogP contribution in [-0.2, 0) is 19.6 Å². The molecule has 4 rings (SSSR count). The van der Waals surface area contributed by atoms with Crippen molar-refractivity contribution >= 4 is 21.7 Å². The number of benzene rings is 1. The number of aryl methyl sites for hydroxylation is 1.